The molecule has 2 rings (SSSR count). The molecule has 1 unspecified atom stereocenters. The molecule has 0 saturated carbocycles. The predicted molar refractivity (Wildman–Crippen MR) is 76.2 cm³/mol. The standard InChI is InChI=1S/C15H18N2O4/c1-9(2)15(3)14(19)17(20)12(16-15)10-7-5-6-8-11(10)13(18)21-4/h5-9,20H,1-4H3. The van der Waals surface area contributed by atoms with Crippen molar-refractivity contribution in [2.24, 2.45) is 10.9 Å². The van der Waals surface area contributed by atoms with Crippen LogP contribution in [0.3, 0.4) is 0 Å². The SMILES string of the molecule is COC(=O)c1ccccc1C1=NC(C)(C(C)C)C(=O)N1O. The molecule has 6 heteroatoms. The summed E-state index contributed by atoms with van der Waals surface area (Å²) in [6.45, 7) is 5.37. The molecule has 1 atom stereocenters. The van der Waals surface area contributed by atoms with Crippen LogP contribution in [0.5, 0.6) is 0 Å². The summed E-state index contributed by atoms with van der Waals surface area (Å²) in [4.78, 5) is 28.4. The van der Waals surface area contributed by atoms with Gasteiger partial charge in [0, 0.05) is 5.56 Å². The molecule has 1 N–H and O–H groups in total. The number of amides is 1. The minimum Gasteiger partial charge on any atom is -0.465 e. The first kappa shape index (κ1) is 15.2. The molecule has 1 aromatic carbocycles. The zero-order chi connectivity index (χ0) is 15.8. The van der Waals surface area contributed by atoms with E-state index in [0.29, 0.717) is 10.6 Å². The van der Waals surface area contributed by atoms with Gasteiger partial charge in [-0.25, -0.2) is 9.79 Å². The molecule has 1 aliphatic rings. The highest BCUT2D eigenvalue weighted by Gasteiger charge is 2.47. The molecule has 1 aromatic rings. The van der Waals surface area contributed by atoms with Crippen molar-refractivity contribution in [1.29, 1.82) is 0 Å². The number of carbonyl (C=O) groups excluding carboxylic acids is 2. The number of esters is 1. The summed E-state index contributed by atoms with van der Waals surface area (Å²) in [6, 6.07) is 6.56. The van der Waals surface area contributed by atoms with Crippen LogP contribution in [0.1, 0.15) is 36.7 Å². The normalized spacial score (nSPS) is 21.7. The van der Waals surface area contributed by atoms with E-state index in [1.54, 1.807) is 31.2 Å². The molecule has 0 aromatic heterocycles. The summed E-state index contributed by atoms with van der Waals surface area (Å²) in [5.41, 5.74) is -0.434. The molecule has 1 heterocycles. The van der Waals surface area contributed by atoms with Gasteiger partial charge in [0.2, 0.25) is 0 Å². The third-order valence-electron chi connectivity index (χ3n) is 3.86. The molecule has 0 radical (unpaired) electrons. The molecule has 1 aliphatic heterocycles. The fourth-order valence-electron chi connectivity index (χ4n) is 2.14. The third kappa shape index (κ3) is 2.31. The molecule has 0 bridgehead atoms. The fourth-order valence-corrected chi connectivity index (χ4v) is 2.14. The van der Waals surface area contributed by atoms with E-state index in [1.165, 1.54) is 7.11 Å². The van der Waals surface area contributed by atoms with Crippen LogP contribution >= 0.6 is 0 Å². The Morgan fingerprint density at radius 1 is 1.38 bits per heavy atom. The van der Waals surface area contributed by atoms with E-state index in [0.717, 1.165) is 0 Å². The quantitative estimate of drug-likeness (QED) is 0.680. The summed E-state index contributed by atoms with van der Waals surface area (Å²) >= 11 is 0. The summed E-state index contributed by atoms with van der Waals surface area (Å²) < 4.78 is 4.72. The van der Waals surface area contributed by atoms with Gasteiger partial charge in [0.15, 0.2) is 5.84 Å². The average molecular weight is 290 g/mol. The Kier molecular flexibility index (Phi) is 3.82. The van der Waals surface area contributed by atoms with Gasteiger partial charge in [-0.2, -0.15) is 5.06 Å². The Balaban J connectivity index is 2.58. The number of ether oxygens (including phenoxy) is 1. The first-order valence-corrected chi connectivity index (χ1v) is 6.64. The Morgan fingerprint density at radius 3 is 2.52 bits per heavy atom. The highest BCUT2D eigenvalue weighted by atomic mass is 16.5. The average Bonchev–Trinajstić information content (AvgIpc) is 2.72. The molecule has 6 nitrogen and oxygen atoms in total. The lowest BCUT2D eigenvalue weighted by Gasteiger charge is -2.22. The third-order valence-corrected chi connectivity index (χ3v) is 3.86. The lowest BCUT2D eigenvalue weighted by Crippen LogP contribution is -2.42. The Morgan fingerprint density at radius 2 is 2.00 bits per heavy atom. The highest BCUT2D eigenvalue weighted by molar-refractivity contribution is 6.17. The summed E-state index contributed by atoms with van der Waals surface area (Å²) in [5, 5.41) is 10.6. The van der Waals surface area contributed by atoms with Crippen molar-refractivity contribution in [2.45, 2.75) is 26.3 Å². The topological polar surface area (TPSA) is 79.2 Å². The zero-order valence-electron chi connectivity index (χ0n) is 12.5. The Hall–Kier alpha value is -2.21. The van der Waals surface area contributed by atoms with Crippen LogP contribution in [-0.2, 0) is 9.53 Å². The van der Waals surface area contributed by atoms with Gasteiger partial charge >= 0.3 is 5.97 Å². The van der Waals surface area contributed by atoms with E-state index in [-0.39, 0.29) is 17.3 Å². The number of hydrogen-bond acceptors (Lipinski definition) is 5. The van der Waals surface area contributed by atoms with Gasteiger partial charge in [0.1, 0.15) is 5.54 Å². The van der Waals surface area contributed by atoms with Gasteiger partial charge in [-0.1, -0.05) is 32.0 Å². The zero-order valence-corrected chi connectivity index (χ0v) is 12.5. The molecule has 0 fully saturated rings. The number of aliphatic imine (C=N–C) groups is 1. The van der Waals surface area contributed by atoms with Crippen LogP contribution < -0.4 is 0 Å². The lowest BCUT2D eigenvalue weighted by atomic mass is 9.89. The predicted octanol–water partition coefficient (Wildman–Crippen LogP) is 1.87. The van der Waals surface area contributed by atoms with Gasteiger partial charge in [-0.15, -0.1) is 0 Å². The summed E-state index contributed by atoms with van der Waals surface area (Å²) in [5.74, 6) is -1.08. The lowest BCUT2D eigenvalue weighted by molar-refractivity contribution is -0.152. The summed E-state index contributed by atoms with van der Waals surface area (Å²) in [6.07, 6.45) is 0. The van der Waals surface area contributed by atoms with Crippen LogP contribution in [0, 0.1) is 5.92 Å². The number of methoxy groups -OCH3 is 1. The van der Waals surface area contributed by atoms with Crippen LogP contribution in [0.25, 0.3) is 0 Å². The van der Waals surface area contributed by atoms with Crippen molar-refractivity contribution in [3.8, 4) is 0 Å². The van der Waals surface area contributed by atoms with Gasteiger partial charge in [-0.05, 0) is 18.9 Å². The highest BCUT2D eigenvalue weighted by Crippen LogP contribution is 2.31. The number of hydrogen-bond donors (Lipinski definition) is 1. The minimum atomic E-state index is -1.05. The molecular weight excluding hydrogens is 272 g/mol. The van der Waals surface area contributed by atoms with E-state index in [1.807, 2.05) is 13.8 Å². The molecule has 0 spiro atoms. The number of rotatable bonds is 3. The van der Waals surface area contributed by atoms with E-state index < -0.39 is 17.4 Å². The first-order chi connectivity index (χ1) is 9.82. The number of carbonyl (C=O) groups is 2. The van der Waals surface area contributed by atoms with Crippen molar-refractivity contribution < 1.29 is 19.5 Å². The fraction of sp³-hybridized carbons (Fsp3) is 0.400. The van der Waals surface area contributed by atoms with Crippen molar-refractivity contribution in [1.82, 2.24) is 5.06 Å². The van der Waals surface area contributed by atoms with Crippen LogP contribution in [0.2, 0.25) is 0 Å². The van der Waals surface area contributed by atoms with E-state index in [2.05, 4.69) is 4.99 Å². The number of nitrogens with zero attached hydrogens (tertiary/aromatic N) is 2. The Labute approximate surface area is 123 Å². The van der Waals surface area contributed by atoms with Crippen molar-refractivity contribution in [3.63, 3.8) is 0 Å². The van der Waals surface area contributed by atoms with Crippen LogP contribution in [0.4, 0.5) is 0 Å². The molecule has 21 heavy (non-hydrogen) atoms. The minimum absolute atomic E-state index is 0.0669. The van der Waals surface area contributed by atoms with Gasteiger partial charge < -0.3 is 4.74 Å². The number of hydroxylamine groups is 2. The Bertz CT molecular complexity index is 624. The second-order valence-electron chi connectivity index (χ2n) is 5.39. The maximum absolute atomic E-state index is 12.2. The maximum atomic E-state index is 12.2. The van der Waals surface area contributed by atoms with E-state index >= 15 is 0 Å². The van der Waals surface area contributed by atoms with Crippen molar-refractivity contribution in [2.75, 3.05) is 7.11 Å². The second kappa shape index (κ2) is 5.29. The van der Waals surface area contributed by atoms with Gasteiger partial charge in [0.25, 0.3) is 5.91 Å². The molecule has 0 aliphatic carbocycles. The van der Waals surface area contributed by atoms with Crippen molar-refractivity contribution in [3.05, 3.63) is 35.4 Å². The largest absolute Gasteiger partial charge is 0.465 e. The van der Waals surface area contributed by atoms with Gasteiger partial charge in [-0.3, -0.25) is 10.0 Å². The van der Waals surface area contributed by atoms with Crippen LogP contribution in [0.15, 0.2) is 29.3 Å². The molecule has 1 amide bonds. The first-order valence-electron chi connectivity index (χ1n) is 6.64. The maximum Gasteiger partial charge on any atom is 0.338 e. The van der Waals surface area contributed by atoms with Gasteiger partial charge in [0.05, 0.1) is 12.7 Å². The van der Waals surface area contributed by atoms with Crippen molar-refractivity contribution >= 4 is 17.7 Å². The summed E-state index contributed by atoms with van der Waals surface area (Å²) in [7, 11) is 1.27. The smallest absolute Gasteiger partial charge is 0.338 e. The molecule has 0 saturated heterocycles. The molecular formula is C15H18N2O4. The number of amidine groups is 1. The monoisotopic (exact) mass is 290 g/mol. The van der Waals surface area contributed by atoms with Crippen LogP contribution in [-0.4, -0.2) is 40.6 Å². The second-order valence-corrected chi connectivity index (χ2v) is 5.39. The number of benzene rings is 1. The van der Waals surface area contributed by atoms with E-state index in [4.69, 9.17) is 4.74 Å². The molecule has 112 valence electrons. The van der Waals surface area contributed by atoms with E-state index in [9.17, 15) is 14.8 Å².